The summed E-state index contributed by atoms with van der Waals surface area (Å²) in [6.45, 7) is 11.9. The Hall–Kier alpha value is -0.640. The monoisotopic (exact) mass is 635 g/mol. The van der Waals surface area contributed by atoms with E-state index in [2.05, 4.69) is 52.0 Å². The maximum atomic E-state index is 6.06. The molecule has 0 radical (unpaired) electrons. The van der Waals surface area contributed by atoms with Gasteiger partial charge in [-0.05, 0) is 78.1 Å². The van der Waals surface area contributed by atoms with Gasteiger partial charge in [-0.15, -0.1) is 0 Å². The second-order valence-electron chi connectivity index (χ2n) is 13.8. The number of hydrogen-bond donors (Lipinski definition) is 0. The molecule has 0 amide bonds. The lowest BCUT2D eigenvalue weighted by Crippen LogP contribution is -2.25. The van der Waals surface area contributed by atoms with Gasteiger partial charge in [0.05, 0.1) is 25.4 Å². The lowest BCUT2D eigenvalue weighted by Gasteiger charge is -2.19. The number of allylic oxidation sites excluding steroid dienone is 4. The van der Waals surface area contributed by atoms with Crippen molar-refractivity contribution < 1.29 is 14.2 Å². The van der Waals surface area contributed by atoms with Crippen LogP contribution >= 0.6 is 0 Å². The van der Waals surface area contributed by atoms with Gasteiger partial charge in [0.15, 0.2) is 0 Å². The molecule has 0 fully saturated rings. The van der Waals surface area contributed by atoms with Gasteiger partial charge in [-0.1, -0.05) is 154 Å². The van der Waals surface area contributed by atoms with E-state index < -0.39 is 0 Å². The van der Waals surface area contributed by atoms with Gasteiger partial charge in [0.2, 0.25) is 0 Å². The molecular weight excluding hydrogens is 552 g/mol. The molecule has 268 valence electrons. The Balaban J connectivity index is 3.32. The predicted octanol–water partition coefficient (Wildman–Crippen LogP) is 13.9. The van der Waals surface area contributed by atoms with Crippen molar-refractivity contribution in [3.05, 3.63) is 24.3 Å². The first-order valence-corrected chi connectivity index (χ1v) is 20.3. The zero-order chi connectivity index (χ0) is 32.7. The van der Waals surface area contributed by atoms with Crippen LogP contribution in [0.5, 0.6) is 0 Å². The van der Waals surface area contributed by atoms with Crippen molar-refractivity contribution in [3.8, 4) is 0 Å². The van der Waals surface area contributed by atoms with Crippen LogP contribution in [0.15, 0.2) is 24.3 Å². The van der Waals surface area contributed by atoms with Crippen LogP contribution in [0.25, 0.3) is 0 Å². The highest BCUT2D eigenvalue weighted by Gasteiger charge is 2.09. The first-order chi connectivity index (χ1) is 22.2. The van der Waals surface area contributed by atoms with Crippen molar-refractivity contribution >= 4 is 0 Å². The SMILES string of the molecule is CCCCCCCCC=CCCCCCCCCOCC(C)OC(C)COCCCCCCCCC=CCCCCCCCC. The molecule has 0 aliphatic heterocycles. The van der Waals surface area contributed by atoms with Gasteiger partial charge in [-0.3, -0.25) is 0 Å². The summed E-state index contributed by atoms with van der Waals surface area (Å²) in [4.78, 5) is 0. The van der Waals surface area contributed by atoms with Gasteiger partial charge >= 0.3 is 0 Å². The Morgan fingerprint density at radius 1 is 0.356 bits per heavy atom. The zero-order valence-electron chi connectivity index (χ0n) is 31.3. The normalized spacial score (nSPS) is 13.4. The average Bonchev–Trinajstić information content (AvgIpc) is 3.03. The van der Waals surface area contributed by atoms with Gasteiger partial charge < -0.3 is 14.2 Å². The van der Waals surface area contributed by atoms with Gasteiger partial charge in [0.1, 0.15) is 0 Å². The molecule has 45 heavy (non-hydrogen) atoms. The third kappa shape index (κ3) is 39.5. The number of unbranched alkanes of at least 4 members (excludes halogenated alkanes) is 24. The van der Waals surface area contributed by atoms with E-state index >= 15 is 0 Å². The Bertz CT molecular complexity index is 536. The molecule has 3 nitrogen and oxygen atoms in total. The lowest BCUT2D eigenvalue weighted by atomic mass is 10.1. The van der Waals surface area contributed by atoms with Crippen LogP contribution in [0, 0.1) is 0 Å². The van der Waals surface area contributed by atoms with Gasteiger partial charge in [-0.25, -0.2) is 0 Å². The molecule has 0 spiro atoms. The summed E-state index contributed by atoms with van der Waals surface area (Å²) in [5.41, 5.74) is 0. The van der Waals surface area contributed by atoms with Crippen molar-refractivity contribution in [3.63, 3.8) is 0 Å². The van der Waals surface area contributed by atoms with E-state index in [4.69, 9.17) is 14.2 Å². The van der Waals surface area contributed by atoms with E-state index in [1.807, 2.05) is 0 Å². The molecule has 0 aliphatic carbocycles. The van der Waals surface area contributed by atoms with Crippen LogP contribution in [0.4, 0.5) is 0 Å². The number of hydrogen-bond acceptors (Lipinski definition) is 3. The minimum atomic E-state index is 0.128. The van der Waals surface area contributed by atoms with Crippen LogP contribution < -0.4 is 0 Å². The smallest absolute Gasteiger partial charge is 0.0785 e. The van der Waals surface area contributed by atoms with Gasteiger partial charge in [-0.2, -0.15) is 0 Å². The summed E-state index contributed by atoms with van der Waals surface area (Å²) in [6, 6.07) is 0. The second kappa shape index (κ2) is 39.5. The van der Waals surface area contributed by atoms with Crippen LogP contribution in [0.2, 0.25) is 0 Å². The van der Waals surface area contributed by atoms with Crippen LogP contribution in [0.1, 0.15) is 207 Å². The fourth-order valence-electron chi connectivity index (χ4n) is 5.88. The standard InChI is InChI=1S/C42H82O3/c1-5-7-9-11-13-15-17-19-21-23-25-27-29-31-33-35-37-43-39-41(3)45-42(4)40-44-38-36-34-32-30-28-26-24-22-20-18-16-14-12-10-8-6-2/h19-22,41-42H,5-18,23-40H2,1-4H3. The molecule has 0 saturated heterocycles. The fraction of sp³-hybridized carbons (Fsp3) is 0.905. The van der Waals surface area contributed by atoms with Crippen LogP contribution in [0.3, 0.4) is 0 Å². The molecule has 3 heteroatoms. The molecule has 0 aromatic carbocycles. The highest BCUT2D eigenvalue weighted by molar-refractivity contribution is 4.82. The van der Waals surface area contributed by atoms with E-state index in [0.29, 0.717) is 13.2 Å². The molecule has 0 aliphatic rings. The maximum Gasteiger partial charge on any atom is 0.0785 e. The van der Waals surface area contributed by atoms with Gasteiger partial charge in [0.25, 0.3) is 0 Å². The molecular formula is C42H82O3. The summed E-state index contributed by atoms with van der Waals surface area (Å²) >= 11 is 0. The molecule has 0 bridgehead atoms. The second-order valence-corrected chi connectivity index (χ2v) is 13.8. The molecule has 0 heterocycles. The highest BCUT2D eigenvalue weighted by Crippen LogP contribution is 2.12. The average molecular weight is 635 g/mol. The minimum Gasteiger partial charge on any atom is -0.379 e. The van der Waals surface area contributed by atoms with E-state index in [0.717, 1.165) is 13.2 Å². The van der Waals surface area contributed by atoms with Crippen LogP contribution in [-0.2, 0) is 14.2 Å². The summed E-state index contributed by atoms with van der Waals surface area (Å²) in [5, 5.41) is 0. The molecule has 2 unspecified atom stereocenters. The first-order valence-electron chi connectivity index (χ1n) is 20.3. The largest absolute Gasteiger partial charge is 0.379 e. The quantitative estimate of drug-likeness (QED) is 0.0499. The van der Waals surface area contributed by atoms with Crippen molar-refractivity contribution in [1.29, 1.82) is 0 Å². The lowest BCUT2D eigenvalue weighted by molar-refractivity contribution is -0.0711. The molecule has 2 atom stereocenters. The molecule has 0 aromatic rings. The minimum absolute atomic E-state index is 0.128. The predicted molar refractivity (Wildman–Crippen MR) is 201 cm³/mol. The van der Waals surface area contributed by atoms with Crippen molar-refractivity contribution in [2.24, 2.45) is 0 Å². The summed E-state index contributed by atoms with van der Waals surface area (Å²) in [6.07, 6.45) is 47.5. The summed E-state index contributed by atoms with van der Waals surface area (Å²) < 4.78 is 17.8. The first kappa shape index (κ1) is 44.4. The van der Waals surface area contributed by atoms with Crippen molar-refractivity contribution in [2.45, 2.75) is 220 Å². The van der Waals surface area contributed by atoms with Crippen LogP contribution in [-0.4, -0.2) is 38.6 Å². The summed E-state index contributed by atoms with van der Waals surface area (Å²) in [5.74, 6) is 0. The Morgan fingerprint density at radius 2 is 0.622 bits per heavy atom. The number of ether oxygens (including phenoxy) is 3. The van der Waals surface area contributed by atoms with E-state index in [-0.39, 0.29) is 12.2 Å². The Kier molecular flexibility index (Phi) is 39.0. The molecule has 0 aromatic heterocycles. The fourth-order valence-corrected chi connectivity index (χ4v) is 5.88. The van der Waals surface area contributed by atoms with E-state index in [9.17, 15) is 0 Å². The van der Waals surface area contributed by atoms with E-state index in [1.165, 1.54) is 180 Å². The van der Waals surface area contributed by atoms with Crippen molar-refractivity contribution in [2.75, 3.05) is 26.4 Å². The molecule has 0 saturated carbocycles. The maximum absolute atomic E-state index is 6.06. The van der Waals surface area contributed by atoms with Crippen molar-refractivity contribution in [1.82, 2.24) is 0 Å². The molecule has 0 rings (SSSR count). The topological polar surface area (TPSA) is 27.7 Å². The number of rotatable bonds is 38. The third-order valence-electron chi connectivity index (χ3n) is 8.77. The Labute approximate surface area is 284 Å². The zero-order valence-corrected chi connectivity index (χ0v) is 31.3. The summed E-state index contributed by atoms with van der Waals surface area (Å²) in [7, 11) is 0. The van der Waals surface area contributed by atoms with Gasteiger partial charge in [0, 0.05) is 13.2 Å². The van der Waals surface area contributed by atoms with E-state index in [1.54, 1.807) is 0 Å². The highest BCUT2D eigenvalue weighted by atomic mass is 16.6. The molecule has 0 N–H and O–H groups in total. The Morgan fingerprint density at radius 3 is 0.933 bits per heavy atom. The third-order valence-corrected chi connectivity index (χ3v) is 8.77.